The number of pyridine rings is 1. The summed E-state index contributed by atoms with van der Waals surface area (Å²) in [6.45, 7) is 3.17. The Kier molecular flexibility index (Phi) is 4.97. The van der Waals surface area contributed by atoms with Crippen LogP contribution >= 0.6 is 0 Å². The minimum absolute atomic E-state index is 0.152. The number of hydrogen-bond donors (Lipinski definition) is 2. The van der Waals surface area contributed by atoms with Gasteiger partial charge in [0.25, 0.3) is 0 Å². The third-order valence-corrected chi connectivity index (χ3v) is 4.29. The van der Waals surface area contributed by atoms with Crippen molar-refractivity contribution in [2.24, 2.45) is 11.8 Å². The minimum atomic E-state index is -0.857. The monoisotopic (exact) mass is 343 g/mol. The van der Waals surface area contributed by atoms with Gasteiger partial charge in [-0.25, -0.2) is 9.48 Å². The van der Waals surface area contributed by atoms with Crippen molar-refractivity contribution >= 4 is 17.8 Å². The van der Waals surface area contributed by atoms with Gasteiger partial charge >= 0.3 is 12.0 Å². The van der Waals surface area contributed by atoms with Crippen LogP contribution in [0.5, 0.6) is 0 Å². The first-order valence-electron chi connectivity index (χ1n) is 8.23. The van der Waals surface area contributed by atoms with Crippen LogP contribution in [0.1, 0.15) is 19.0 Å². The Balaban J connectivity index is 1.67. The first-order valence-corrected chi connectivity index (χ1v) is 8.23. The van der Waals surface area contributed by atoms with Crippen molar-refractivity contribution in [3.8, 4) is 0 Å². The topological polar surface area (TPSA) is 100 Å². The number of aliphatic carboxylic acids is 1. The molecule has 2 unspecified atom stereocenters. The van der Waals surface area contributed by atoms with Crippen LogP contribution in [0, 0.1) is 11.8 Å². The van der Waals surface area contributed by atoms with Gasteiger partial charge in [-0.05, 0) is 24.5 Å². The fraction of sp³-hybridized carbons (Fsp3) is 0.412. The van der Waals surface area contributed by atoms with Gasteiger partial charge in [0.05, 0.1) is 24.4 Å². The number of amides is 2. The second kappa shape index (κ2) is 7.33. The van der Waals surface area contributed by atoms with Crippen LogP contribution < -0.4 is 5.32 Å². The lowest BCUT2D eigenvalue weighted by Crippen LogP contribution is -2.47. The molecular formula is C17H21N5O3. The number of anilines is 1. The highest BCUT2D eigenvalue weighted by Gasteiger charge is 2.32. The van der Waals surface area contributed by atoms with Gasteiger partial charge in [0.1, 0.15) is 5.82 Å². The van der Waals surface area contributed by atoms with Crippen molar-refractivity contribution in [2.45, 2.75) is 19.9 Å². The molecule has 3 rings (SSSR count). The Bertz CT molecular complexity index is 746. The summed E-state index contributed by atoms with van der Waals surface area (Å²) in [7, 11) is 0. The molecule has 0 radical (unpaired) electrons. The van der Waals surface area contributed by atoms with Crippen LogP contribution in [0.15, 0.2) is 36.7 Å². The fourth-order valence-corrected chi connectivity index (χ4v) is 3.09. The molecular weight excluding hydrogens is 322 g/mol. The van der Waals surface area contributed by atoms with E-state index in [9.17, 15) is 14.7 Å². The zero-order chi connectivity index (χ0) is 17.8. The van der Waals surface area contributed by atoms with Gasteiger partial charge in [-0.3, -0.25) is 15.1 Å². The van der Waals surface area contributed by atoms with E-state index >= 15 is 0 Å². The summed E-state index contributed by atoms with van der Waals surface area (Å²) in [6.07, 6.45) is 3.91. The summed E-state index contributed by atoms with van der Waals surface area (Å²) in [5.41, 5.74) is 0.833. The van der Waals surface area contributed by atoms with E-state index in [0.717, 1.165) is 5.69 Å². The first kappa shape index (κ1) is 16.9. The van der Waals surface area contributed by atoms with E-state index in [1.54, 1.807) is 28.0 Å². The lowest BCUT2D eigenvalue weighted by molar-refractivity contribution is -0.143. The van der Waals surface area contributed by atoms with Crippen molar-refractivity contribution in [1.29, 1.82) is 0 Å². The molecule has 8 nitrogen and oxygen atoms in total. The van der Waals surface area contributed by atoms with Gasteiger partial charge in [0.2, 0.25) is 0 Å². The minimum Gasteiger partial charge on any atom is -0.481 e. The number of rotatable bonds is 4. The van der Waals surface area contributed by atoms with Crippen molar-refractivity contribution in [1.82, 2.24) is 19.7 Å². The van der Waals surface area contributed by atoms with Gasteiger partial charge in [-0.15, -0.1) is 0 Å². The number of piperidine rings is 1. The number of carboxylic acids is 1. The first-order chi connectivity index (χ1) is 12.0. The molecule has 1 fully saturated rings. The fourth-order valence-electron chi connectivity index (χ4n) is 3.09. The Morgan fingerprint density at radius 3 is 2.84 bits per heavy atom. The predicted molar refractivity (Wildman–Crippen MR) is 91.1 cm³/mol. The Hall–Kier alpha value is -2.90. The normalized spacial score (nSPS) is 20.3. The molecule has 2 amide bonds. The molecule has 0 aliphatic carbocycles. The average molecular weight is 343 g/mol. The molecule has 1 aliphatic rings. The molecule has 8 heteroatoms. The number of carbonyl (C=O) groups excluding carboxylic acids is 1. The summed E-state index contributed by atoms with van der Waals surface area (Å²) < 4.78 is 1.66. The van der Waals surface area contributed by atoms with E-state index in [4.69, 9.17) is 0 Å². The van der Waals surface area contributed by atoms with Crippen LogP contribution in [0.4, 0.5) is 10.6 Å². The number of likely N-dealkylation sites (tertiary alicyclic amines) is 1. The summed E-state index contributed by atoms with van der Waals surface area (Å²) in [4.78, 5) is 29.6. The number of nitrogens with zero attached hydrogens (tertiary/aromatic N) is 4. The number of nitrogens with one attached hydrogen (secondary N) is 1. The Morgan fingerprint density at radius 2 is 2.12 bits per heavy atom. The van der Waals surface area contributed by atoms with Crippen LogP contribution in [0.3, 0.4) is 0 Å². The second-order valence-corrected chi connectivity index (χ2v) is 6.41. The van der Waals surface area contributed by atoms with E-state index < -0.39 is 11.9 Å². The highest BCUT2D eigenvalue weighted by molar-refractivity contribution is 5.89. The molecule has 2 aromatic heterocycles. The molecule has 0 aromatic carbocycles. The van der Waals surface area contributed by atoms with Gasteiger partial charge in [0.15, 0.2) is 0 Å². The number of hydrogen-bond acceptors (Lipinski definition) is 4. The van der Waals surface area contributed by atoms with Gasteiger partial charge in [-0.2, -0.15) is 5.10 Å². The van der Waals surface area contributed by atoms with Gasteiger partial charge in [-0.1, -0.05) is 13.0 Å². The lowest BCUT2D eigenvalue weighted by Gasteiger charge is -2.34. The van der Waals surface area contributed by atoms with Crippen molar-refractivity contribution < 1.29 is 14.7 Å². The quantitative estimate of drug-likeness (QED) is 0.883. The van der Waals surface area contributed by atoms with E-state index in [1.807, 2.05) is 25.1 Å². The molecule has 0 saturated carbocycles. The maximum atomic E-state index is 12.5. The highest BCUT2D eigenvalue weighted by Crippen LogP contribution is 2.22. The summed E-state index contributed by atoms with van der Waals surface area (Å²) in [6, 6.07) is 7.03. The maximum absolute atomic E-state index is 12.5. The SMILES string of the molecule is CC1CC(C(=O)O)CN(C(=O)Nc2ccnn2Cc2ccccn2)C1. The average Bonchev–Trinajstić information content (AvgIpc) is 3.02. The summed E-state index contributed by atoms with van der Waals surface area (Å²) >= 11 is 0. The van der Waals surface area contributed by atoms with Crippen molar-refractivity contribution in [3.05, 3.63) is 42.4 Å². The number of urea groups is 1. The highest BCUT2D eigenvalue weighted by atomic mass is 16.4. The van der Waals surface area contributed by atoms with Crippen LogP contribution in [-0.4, -0.2) is 49.9 Å². The van der Waals surface area contributed by atoms with Crippen molar-refractivity contribution in [3.63, 3.8) is 0 Å². The van der Waals surface area contributed by atoms with Gasteiger partial charge < -0.3 is 10.0 Å². The number of aromatic nitrogens is 3. The predicted octanol–water partition coefficient (Wildman–Crippen LogP) is 1.90. The van der Waals surface area contributed by atoms with Crippen molar-refractivity contribution in [2.75, 3.05) is 18.4 Å². The molecule has 2 aromatic rings. The maximum Gasteiger partial charge on any atom is 0.323 e. The molecule has 0 spiro atoms. The zero-order valence-electron chi connectivity index (χ0n) is 14.0. The lowest BCUT2D eigenvalue weighted by atomic mass is 9.91. The third-order valence-electron chi connectivity index (χ3n) is 4.29. The smallest absolute Gasteiger partial charge is 0.323 e. The molecule has 1 saturated heterocycles. The van der Waals surface area contributed by atoms with Crippen LogP contribution in [-0.2, 0) is 11.3 Å². The number of carboxylic acid groups (broad SMARTS) is 1. The molecule has 2 N–H and O–H groups in total. The molecule has 2 atom stereocenters. The molecule has 25 heavy (non-hydrogen) atoms. The van der Waals surface area contributed by atoms with E-state index in [-0.39, 0.29) is 18.5 Å². The molecule has 0 bridgehead atoms. The summed E-state index contributed by atoms with van der Waals surface area (Å²) in [5, 5.41) is 16.3. The third kappa shape index (κ3) is 4.14. The molecule has 1 aliphatic heterocycles. The Labute approximate surface area is 145 Å². The largest absolute Gasteiger partial charge is 0.481 e. The van der Waals surface area contributed by atoms with Gasteiger partial charge in [0, 0.05) is 25.4 Å². The Morgan fingerprint density at radius 1 is 1.28 bits per heavy atom. The molecule has 3 heterocycles. The zero-order valence-corrected chi connectivity index (χ0v) is 14.0. The summed E-state index contributed by atoms with van der Waals surface area (Å²) in [5.74, 6) is -0.669. The standard InChI is InChI=1S/C17H21N5O3/c1-12-8-13(16(23)24)10-21(9-12)17(25)20-15-5-7-19-22(15)11-14-4-2-3-6-18-14/h2-7,12-13H,8-11H2,1H3,(H,20,25)(H,23,24). The second-order valence-electron chi connectivity index (χ2n) is 6.41. The van der Waals surface area contributed by atoms with E-state index in [0.29, 0.717) is 25.3 Å². The van der Waals surface area contributed by atoms with E-state index in [2.05, 4.69) is 15.4 Å². The van der Waals surface area contributed by atoms with E-state index in [1.165, 1.54) is 0 Å². The number of carbonyl (C=O) groups is 2. The molecule has 132 valence electrons. The van der Waals surface area contributed by atoms with Crippen LogP contribution in [0.25, 0.3) is 0 Å². The van der Waals surface area contributed by atoms with Crippen LogP contribution in [0.2, 0.25) is 0 Å².